The van der Waals surface area contributed by atoms with Crippen LogP contribution in [0, 0.1) is 5.92 Å². The number of ether oxygens (including phenoxy) is 1. The second kappa shape index (κ2) is 31.1. The lowest BCUT2D eigenvalue weighted by atomic mass is 9.92. The van der Waals surface area contributed by atoms with Crippen molar-refractivity contribution in [2.24, 2.45) is 11.7 Å². The van der Waals surface area contributed by atoms with Crippen LogP contribution in [0.2, 0.25) is 0 Å². The van der Waals surface area contributed by atoms with E-state index in [1.807, 2.05) is 13.8 Å². The van der Waals surface area contributed by atoms with E-state index in [1.54, 1.807) is 4.90 Å². The molecule has 51 heavy (non-hydrogen) atoms. The third-order valence-electron chi connectivity index (χ3n) is 10.7. The molecule has 2 amide bonds. The number of carbonyl (C=O) groups is 2. The van der Waals surface area contributed by atoms with Crippen LogP contribution in [0.5, 0.6) is 0 Å². The van der Waals surface area contributed by atoms with Crippen LogP contribution in [-0.2, 0) is 14.3 Å². The van der Waals surface area contributed by atoms with Crippen molar-refractivity contribution in [3.63, 3.8) is 0 Å². The molecule has 0 aromatic heterocycles. The Morgan fingerprint density at radius 3 is 1.47 bits per heavy atom. The van der Waals surface area contributed by atoms with Gasteiger partial charge in [0.15, 0.2) is 6.23 Å². The highest BCUT2D eigenvalue weighted by Crippen LogP contribution is 2.27. The zero-order valence-electron chi connectivity index (χ0n) is 33.6. The lowest BCUT2D eigenvalue weighted by Crippen LogP contribution is -2.70. The number of aliphatic hydroxyl groups excluding tert-OH is 3. The average Bonchev–Trinajstić information content (AvgIpc) is 3.10. The van der Waals surface area contributed by atoms with E-state index in [0.717, 1.165) is 38.5 Å². The van der Waals surface area contributed by atoms with Crippen LogP contribution in [0.25, 0.3) is 0 Å². The van der Waals surface area contributed by atoms with Crippen molar-refractivity contribution in [1.29, 1.82) is 0 Å². The van der Waals surface area contributed by atoms with Crippen LogP contribution in [0.4, 0.5) is 0 Å². The summed E-state index contributed by atoms with van der Waals surface area (Å²) in [6.07, 6.45) is 26.7. The van der Waals surface area contributed by atoms with Gasteiger partial charge in [-0.3, -0.25) is 14.9 Å². The first-order valence-electron chi connectivity index (χ1n) is 21.6. The van der Waals surface area contributed by atoms with E-state index in [0.29, 0.717) is 19.4 Å². The van der Waals surface area contributed by atoms with Crippen molar-refractivity contribution in [1.82, 2.24) is 10.2 Å². The summed E-state index contributed by atoms with van der Waals surface area (Å²) >= 11 is 0. The molecule has 0 aromatic carbocycles. The van der Waals surface area contributed by atoms with E-state index in [-0.39, 0.29) is 11.8 Å². The second-order valence-electron chi connectivity index (χ2n) is 16.0. The standard InChI is InChI=1S/C42H83N3O6/c1-5-7-9-11-13-15-16-17-18-19-20-21-23-25-27-29-31-45(37(47)30-28-26-24-22-14-12-10-8-6-2)42-38(40(49)39(48)36(33-46)51-42)44-35(41(43)50)32-34(3)4/h34-36,38-40,42,44,46,48-49H,5-33H2,1-4H3,(H2,43,50)/t35-,36+,38+,39+,40+,42-/m1/s1. The topological polar surface area (TPSA) is 145 Å². The molecule has 1 heterocycles. The molecule has 0 radical (unpaired) electrons. The van der Waals surface area contributed by atoms with Crippen molar-refractivity contribution in [3.8, 4) is 0 Å². The Morgan fingerprint density at radius 2 is 1.08 bits per heavy atom. The van der Waals surface area contributed by atoms with Gasteiger partial charge in [0, 0.05) is 13.0 Å². The quantitative estimate of drug-likeness (QED) is 0.0420. The van der Waals surface area contributed by atoms with E-state index in [1.165, 1.54) is 122 Å². The highest BCUT2D eigenvalue weighted by Gasteiger charge is 2.48. The van der Waals surface area contributed by atoms with Crippen LogP contribution < -0.4 is 11.1 Å². The number of rotatable bonds is 34. The van der Waals surface area contributed by atoms with Crippen LogP contribution in [0.1, 0.15) is 201 Å². The molecular weight excluding hydrogens is 642 g/mol. The number of nitrogens with two attached hydrogens (primary N) is 1. The highest BCUT2D eigenvalue weighted by atomic mass is 16.5. The normalized spacial score (nSPS) is 21.3. The summed E-state index contributed by atoms with van der Waals surface area (Å²) in [5.41, 5.74) is 5.75. The Labute approximate surface area is 313 Å². The van der Waals surface area contributed by atoms with Gasteiger partial charge in [-0.1, -0.05) is 175 Å². The lowest BCUT2D eigenvalue weighted by Gasteiger charge is -2.48. The Hall–Kier alpha value is -1.26. The predicted molar refractivity (Wildman–Crippen MR) is 210 cm³/mol. The number of nitrogens with one attached hydrogen (secondary N) is 1. The summed E-state index contributed by atoms with van der Waals surface area (Å²) in [7, 11) is 0. The molecule has 0 spiro atoms. The molecule has 6 N–H and O–H groups in total. The van der Waals surface area contributed by atoms with Crippen LogP contribution >= 0.6 is 0 Å². The molecule has 9 nitrogen and oxygen atoms in total. The van der Waals surface area contributed by atoms with Gasteiger partial charge >= 0.3 is 0 Å². The van der Waals surface area contributed by atoms with Gasteiger partial charge < -0.3 is 30.7 Å². The SMILES string of the molecule is CCCCCCCCCCCCCCCCCCN(C(=O)CCCCCCCCCCC)[C@@H]1O[C@@H](CO)[C@H](O)[C@@H](O)[C@@H]1N[C@H](CC(C)C)C(N)=O. The summed E-state index contributed by atoms with van der Waals surface area (Å²) in [6, 6.07) is -1.70. The summed E-state index contributed by atoms with van der Waals surface area (Å²) in [6.45, 7) is 8.42. The maximum absolute atomic E-state index is 13.9. The average molecular weight is 726 g/mol. The largest absolute Gasteiger partial charge is 0.394 e. The third-order valence-corrected chi connectivity index (χ3v) is 10.7. The molecule has 1 aliphatic heterocycles. The van der Waals surface area contributed by atoms with Crippen LogP contribution in [0.3, 0.4) is 0 Å². The number of nitrogens with zero attached hydrogens (tertiary/aromatic N) is 1. The number of carbonyl (C=O) groups excluding carboxylic acids is 2. The molecule has 9 heteroatoms. The van der Waals surface area contributed by atoms with Crippen molar-refractivity contribution in [2.75, 3.05) is 13.2 Å². The maximum Gasteiger partial charge on any atom is 0.234 e. The summed E-state index contributed by atoms with van der Waals surface area (Å²) < 4.78 is 6.20. The van der Waals surface area contributed by atoms with E-state index < -0.39 is 49.1 Å². The second-order valence-corrected chi connectivity index (χ2v) is 16.0. The van der Waals surface area contributed by atoms with Gasteiger partial charge in [0.2, 0.25) is 11.8 Å². The molecule has 302 valence electrons. The molecule has 0 unspecified atom stereocenters. The molecule has 1 fully saturated rings. The Morgan fingerprint density at radius 1 is 0.667 bits per heavy atom. The van der Waals surface area contributed by atoms with Gasteiger partial charge in [0.05, 0.1) is 18.7 Å². The molecule has 6 atom stereocenters. The van der Waals surface area contributed by atoms with E-state index >= 15 is 0 Å². The molecule has 1 rings (SSSR count). The van der Waals surface area contributed by atoms with Gasteiger partial charge in [-0.25, -0.2) is 0 Å². The van der Waals surface area contributed by atoms with Gasteiger partial charge in [0.25, 0.3) is 0 Å². The summed E-state index contributed by atoms with van der Waals surface area (Å²) in [4.78, 5) is 28.0. The Kier molecular flexibility index (Phi) is 29.1. The molecule has 0 aliphatic carbocycles. The lowest BCUT2D eigenvalue weighted by molar-refractivity contribution is -0.232. The zero-order valence-corrected chi connectivity index (χ0v) is 33.6. The van der Waals surface area contributed by atoms with Gasteiger partial charge in [0.1, 0.15) is 18.3 Å². The fraction of sp³-hybridized carbons (Fsp3) is 0.952. The van der Waals surface area contributed by atoms with Crippen molar-refractivity contribution in [2.45, 2.75) is 238 Å². The van der Waals surface area contributed by atoms with Gasteiger partial charge in [-0.15, -0.1) is 0 Å². The number of unbranched alkanes of at least 4 members (excludes halogenated alkanes) is 23. The Balaban J connectivity index is 2.74. The summed E-state index contributed by atoms with van der Waals surface area (Å²) in [5, 5.41) is 35.3. The van der Waals surface area contributed by atoms with E-state index in [4.69, 9.17) is 10.5 Å². The minimum atomic E-state index is -1.37. The van der Waals surface area contributed by atoms with Crippen molar-refractivity contribution in [3.05, 3.63) is 0 Å². The first-order valence-corrected chi connectivity index (χ1v) is 21.6. The summed E-state index contributed by atoms with van der Waals surface area (Å²) in [5.74, 6) is -0.464. The number of amides is 2. The first-order chi connectivity index (χ1) is 24.7. The van der Waals surface area contributed by atoms with Crippen LogP contribution in [0.15, 0.2) is 0 Å². The number of primary amides is 1. The fourth-order valence-electron chi connectivity index (χ4n) is 7.47. The monoisotopic (exact) mass is 726 g/mol. The number of hydrogen-bond donors (Lipinski definition) is 5. The Bertz CT molecular complexity index is 845. The minimum Gasteiger partial charge on any atom is -0.394 e. The fourth-order valence-corrected chi connectivity index (χ4v) is 7.47. The number of hydrogen-bond acceptors (Lipinski definition) is 7. The third kappa shape index (κ3) is 21.9. The van der Waals surface area contributed by atoms with Crippen molar-refractivity contribution >= 4 is 11.8 Å². The molecule has 1 saturated heterocycles. The first kappa shape index (κ1) is 47.8. The molecule has 0 aromatic rings. The van der Waals surface area contributed by atoms with E-state index in [9.17, 15) is 24.9 Å². The molecular formula is C42H83N3O6. The zero-order chi connectivity index (χ0) is 37.7. The molecule has 0 saturated carbocycles. The molecule has 0 bridgehead atoms. The van der Waals surface area contributed by atoms with Crippen LogP contribution in [-0.4, -0.2) is 81.8 Å². The minimum absolute atomic E-state index is 0.0598. The maximum atomic E-state index is 13.9. The van der Waals surface area contributed by atoms with Crippen molar-refractivity contribution < 1.29 is 29.6 Å². The highest BCUT2D eigenvalue weighted by molar-refractivity contribution is 5.80. The number of aliphatic hydroxyl groups is 3. The van der Waals surface area contributed by atoms with Gasteiger partial charge in [-0.2, -0.15) is 0 Å². The molecule has 1 aliphatic rings. The van der Waals surface area contributed by atoms with E-state index in [2.05, 4.69) is 19.2 Å². The van der Waals surface area contributed by atoms with Gasteiger partial charge in [-0.05, 0) is 25.2 Å². The predicted octanol–water partition coefficient (Wildman–Crippen LogP) is 8.29. The smallest absolute Gasteiger partial charge is 0.234 e.